The van der Waals surface area contributed by atoms with Crippen LogP contribution in [0.15, 0.2) is 121 Å². The second-order valence-electron chi connectivity index (χ2n) is 25.5. The third-order valence-electron chi connectivity index (χ3n) is 11.3. The first-order chi connectivity index (χ1) is 36.4. The molecule has 0 saturated carbocycles. The lowest BCUT2D eigenvalue weighted by Gasteiger charge is -2.16. The summed E-state index contributed by atoms with van der Waals surface area (Å²) in [6.45, 7) is 45.1. The van der Waals surface area contributed by atoms with E-state index in [1.807, 2.05) is 98.8 Å². The monoisotopic (exact) mass is 1070 g/mol. The Morgan fingerprint density at radius 3 is 0.936 bits per heavy atom. The van der Waals surface area contributed by atoms with Gasteiger partial charge in [0.1, 0.15) is 5.78 Å². The predicted molar refractivity (Wildman–Crippen MR) is 342 cm³/mol. The molecule has 0 aliphatic heterocycles. The average Bonchev–Trinajstić information content (AvgIpc) is 3.30. The normalized spacial score (nSPS) is 11.1. The molecule has 0 fully saturated rings. The zero-order valence-electron chi connectivity index (χ0n) is 52.7. The lowest BCUT2D eigenvalue weighted by molar-refractivity contribution is -0.120. The van der Waals surface area contributed by atoms with Crippen LogP contribution in [0, 0.1) is 29.1 Å². The van der Waals surface area contributed by atoms with Crippen LogP contribution >= 0.6 is 0 Å². The highest BCUT2D eigenvalue weighted by Crippen LogP contribution is 2.21. The van der Waals surface area contributed by atoms with E-state index in [9.17, 15) is 14.4 Å². The van der Waals surface area contributed by atoms with Crippen molar-refractivity contribution in [2.75, 3.05) is 21.3 Å². The van der Waals surface area contributed by atoms with Crippen molar-refractivity contribution < 1.29 is 14.4 Å². The first kappa shape index (κ1) is 70.1. The second kappa shape index (κ2) is 37.1. The minimum absolute atomic E-state index is 0.0221. The van der Waals surface area contributed by atoms with Crippen LogP contribution in [0.25, 0.3) is 0 Å². The van der Waals surface area contributed by atoms with Gasteiger partial charge in [-0.15, -0.1) is 0 Å². The maximum Gasteiger partial charge on any atom is 0.251 e. The molecule has 0 heterocycles. The summed E-state index contributed by atoms with van der Waals surface area (Å²) in [5.41, 5.74) is 10.9. The van der Waals surface area contributed by atoms with Crippen LogP contribution in [0.1, 0.15) is 201 Å². The van der Waals surface area contributed by atoms with E-state index in [0.29, 0.717) is 60.7 Å². The molecule has 432 valence electrons. The number of carbonyl (C=O) groups is 3. The summed E-state index contributed by atoms with van der Waals surface area (Å²) in [5.74, 6) is 3.58. The number of anilines is 4. The van der Waals surface area contributed by atoms with Crippen molar-refractivity contribution in [3.8, 4) is 0 Å². The second-order valence-corrected chi connectivity index (χ2v) is 25.5. The largest absolute Gasteiger partial charge is 0.383 e. The summed E-state index contributed by atoms with van der Waals surface area (Å²) >= 11 is 0. The Kier molecular flexibility index (Phi) is 33.3. The van der Waals surface area contributed by atoms with Crippen molar-refractivity contribution in [1.29, 1.82) is 0 Å². The van der Waals surface area contributed by atoms with Gasteiger partial charge in [0.05, 0.1) is 0 Å². The number of benzene rings is 5. The summed E-state index contributed by atoms with van der Waals surface area (Å²) in [6, 6.07) is 42.5. The van der Waals surface area contributed by atoms with Gasteiger partial charge in [-0.05, 0) is 201 Å². The van der Waals surface area contributed by atoms with Crippen molar-refractivity contribution in [1.82, 2.24) is 5.32 Å². The molecule has 0 radical (unpaired) electrons. The highest BCUT2D eigenvalue weighted by Gasteiger charge is 2.16. The SMILES string of the molecule is CC(C)CC(C)C.CC(C)Cc1ccc(C(=O)Cc2ccc(NC(C)C)cc2)cc1.CC(C)Cc1ccc(NC(C)C)cc1.CC(C)NC(=O)c1ccc(NC(C)C)cc1.CC(C)Nc1ccc(CC(=O)CC(C)(C)C)cc1. The Bertz CT molecular complexity index is 2340. The molecule has 0 atom stereocenters. The fraction of sp³-hybridized carbons (Fsp3) is 0.529. The van der Waals surface area contributed by atoms with Gasteiger partial charge < -0.3 is 26.6 Å². The number of hydrogen-bond donors (Lipinski definition) is 5. The van der Waals surface area contributed by atoms with Crippen molar-refractivity contribution >= 4 is 40.2 Å². The summed E-state index contributed by atoms with van der Waals surface area (Å²) in [6.07, 6.45) is 5.21. The van der Waals surface area contributed by atoms with Gasteiger partial charge in [0.25, 0.3) is 5.91 Å². The molecule has 5 rings (SSSR count). The van der Waals surface area contributed by atoms with E-state index in [-0.39, 0.29) is 23.1 Å². The molecule has 0 spiro atoms. The quantitative estimate of drug-likeness (QED) is 0.0439. The molecule has 0 aromatic heterocycles. The number of carbonyl (C=O) groups excluding carboxylic acids is 3. The van der Waals surface area contributed by atoms with Gasteiger partial charge >= 0.3 is 0 Å². The van der Waals surface area contributed by atoms with Crippen LogP contribution in [0.4, 0.5) is 22.7 Å². The number of ketones is 2. The maximum atomic E-state index is 12.4. The van der Waals surface area contributed by atoms with Gasteiger partial charge in [0.15, 0.2) is 5.78 Å². The summed E-state index contributed by atoms with van der Waals surface area (Å²) in [7, 11) is 0. The molecule has 0 aliphatic carbocycles. The Hall–Kier alpha value is -5.89. The predicted octanol–water partition coefficient (Wildman–Crippen LogP) is 18.2. The lowest BCUT2D eigenvalue weighted by atomic mass is 9.88. The van der Waals surface area contributed by atoms with Crippen LogP contribution in [0.5, 0.6) is 0 Å². The van der Waals surface area contributed by atoms with Crippen LogP contribution in [-0.2, 0) is 30.5 Å². The smallest absolute Gasteiger partial charge is 0.251 e. The zero-order valence-corrected chi connectivity index (χ0v) is 52.7. The number of hydrogen-bond acceptors (Lipinski definition) is 7. The topological polar surface area (TPSA) is 111 Å². The van der Waals surface area contributed by atoms with Gasteiger partial charge in [0.2, 0.25) is 0 Å². The number of Topliss-reactive ketones (excluding diaryl/α,β-unsaturated/α-hetero) is 2. The first-order valence-electron chi connectivity index (χ1n) is 29.3. The van der Waals surface area contributed by atoms with E-state index in [0.717, 1.165) is 57.9 Å². The Labute approximate surface area is 477 Å². The van der Waals surface area contributed by atoms with Gasteiger partial charge in [0, 0.05) is 83.3 Å². The minimum Gasteiger partial charge on any atom is -0.383 e. The van der Waals surface area contributed by atoms with Crippen LogP contribution in [0.3, 0.4) is 0 Å². The number of nitrogens with one attached hydrogen (secondary N) is 5. The van der Waals surface area contributed by atoms with E-state index < -0.39 is 0 Å². The summed E-state index contributed by atoms with van der Waals surface area (Å²) < 4.78 is 0. The van der Waals surface area contributed by atoms with E-state index >= 15 is 0 Å². The first-order valence-corrected chi connectivity index (χ1v) is 29.3. The van der Waals surface area contributed by atoms with Crippen molar-refractivity contribution in [3.63, 3.8) is 0 Å². The molecule has 0 unspecified atom stereocenters. The molecule has 5 aromatic rings. The molecular weight excluding hydrogens is 959 g/mol. The van der Waals surface area contributed by atoms with E-state index in [2.05, 4.69) is 195 Å². The molecule has 5 N–H and O–H groups in total. The fourth-order valence-corrected chi connectivity index (χ4v) is 8.45. The highest BCUT2D eigenvalue weighted by atomic mass is 16.2. The minimum atomic E-state index is -0.0221. The van der Waals surface area contributed by atoms with Crippen molar-refractivity contribution in [2.24, 2.45) is 29.1 Å². The van der Waals surface area contributed by atoms with Crippen molar-refractivity contribution in [3.05, 3.63) is 155 Å². The fourth-order valence-electron chi connectivity index (χ4n) is 8.45. The average molecular weight is 1070 g/mol. The van der Waals surface area contributed by atoms with Gasteiger partial charge in [-0.1, -0.05) is 137 Å². The molecule has 0 aliphatic rings. The Morgan fingerprint density at radius 1 is 0.359 bits per heavy atom. The summed E-state index contributed by atoms with van der Waals surface area (Å²) in [5, 5.41) is 16.2. The lowest BCUT2D eigenvalue weighted by Crippen LogP contribution is -2.29. The molecule has 5 aromatic carbocycles. The van der Waals surface area contributed by atoms with Gasteiger partial charge in [-0.2, -0.15) is 0 Å². The standard InChI is InChI=1S/C21H27NO.C16H25NO.C13H20N2O.C13H21N.C7H16/c1-15(2)13-17-5-9-19(10-6-17)21(23)14-18-7-11-20(12-8-18)22-16(3)4;1-12(2)17-14-8-6-13(7-9-14)10-15(18)11-16(3,4)5;1-9(2)14-12-7-5-11(6-8-12)13(16)15-10(3)4;1-10(2)9-12-5-7-13(8-6-12)14-11(3)4;1-6(2)5-7(3)4/h5-12,15-16,22H,13-14H2,1-4H3;6-9,12,17H,10-11H2,1-5H3;5-10,14H,1-4H3,(H,15,16);5-8,10-11,14H,9H2,1-4H3;6-7H,5H2,1-4H3. The third kappa shape index (κ3) is 35.5. The summed E-state index contributed by atoms with van der Waals surface area (Å²) in [4.78, 5) is 35.9. The van der Waals surface area contributed by atoms with Gasteiger partial charge in [-0.3, -0.25) is 14.4 Å². The Balaban J connectivity index is 0.000000506. The molecule has 78 heavy (non-hydrogen) atoms. The van der Waals surface area contributed by atoms with E-state index in [1.165, 1.54) is 29.7 Å². The van der Waals surface area contributed by atoms with Crippen LogP contribution in [-0.4, -0.2) is 47.7 Å². The Morgan fingerprint density at radius 2 is 0.654 bits per heavy atom. The number of amides is 1. The van der Waals surface area contributed by atoms with Gasteiger partial charge in [-0.25, -0.2) is 0 Å². The van der Waals surface area contributed by atoms with Crippen LogP contribution in [0.2, 0.25) is 0 Å². The molecule has 8 nitrogen and oxygen atoms in total. The highest BCUT2D eigenvalue weighted by molar-refractivity contribution is 5.97. The van der Waals surface area contributed by atoms with Crippen LogP contribution < -0.4 is 26.6 Å². The molecule has 8 heteroatoms. The van der Waals surface area contributed by atoms with Crippen molar-refractivity contribution in [2.45, 2.75) is 214 Å². The number of rotatable bonds is 22. The zero-order chi connectivity index (χ0) is 59.1. The third-order valence-corrected chi connectivity index (χ3v) is 11.3. The molecular formula is C70H109N5O3. The molecule has 0 bridgehead atoms. The molecule has 0 saturated heterocycles. The maximum absolute atomic E-state index is 12.4. The van der Waals surface area contributed by atoms with E-state index in [1.54, 1.807) is 0 Å². The molecule has 1 amide bonds. The van der Waals surface area contributed by atoms with E-state index in [4.69, 9.17) is 0 Å².